The van der Waals surface area contributed by atoms with Gasteiger partial charge in [-0.1, -0.05) is 19.4 Å². The molecule has 2 rings (SSSR count). The highest BCUT2D eigenvalue weighted by atomic mass is 16.5. The Kier molecular flexibility index (Phi) is 5.60. The first-order valence-corrected chi connectivity index (χ1v) is 7.69. The zero-order chi connectivity index (χ0) is 15.1. The van der Waals surface area contributed by atoms with E-state index in [1.165, 1.54) is 25.7 Å². The average molecular weight is 288 g/mol. The molecule has 1 fully saturated rings. The molecule has 0 bridgehead atoms. The number of aliphatic hydroxyl groups is 1. The number of ether oxygens (including phenoxy) is 1. The van der Waals surface area contributed by atoms with Gasteiger partial charge in [0.2, 0.25) is 0 Å². The molecule has 0 aliphatic heterocycles. The zero-order valence-electron chi connectivity index (χ0n) is 12.6. The minimum absolute atomic E-state index is 0.237. The molecule has 1 aliphatic rings. The molecular formula is C17H24N2O2. The molecule has 1 atom stereocenters. The van der Waals surface area contributed by atoms with Gasteiger partial charge < -0.3 is 15.2 Å². The summed E-state index contributed by atoms with van der Waals surface area (Å²) in [7, 11) is 0. The van der Waals surface area contributed by atoms with Gasteiger partial charge in [-0.2, -0.15) is 5.26 Å². The van der Waals surface area contributed by atoms with E-state index in [-0.39, 0.29) is 6.61 Å². The highest BCUT2D eigenvalue weighted by molar-refractivity contribution is 5.36. The average Bonchev–Trinajstić information content (AvgIpc) is 2.48. The van der Waals surface area contributed by atoms with Crippen LogP contribution in [-0.2, 0) is 0 Å². The predicted molar refractivity (Wildman–Crippen MR) is 82.1 cm³/mol. The number of hydrogen-bond acceptors (Lipinski definition) is 4. The van der Waals surface area contributed by atoms with Crippen LogP contribution in [0.2, 0.25) is 0 Å². The molecule has 0 radical (unpaired) electrons. The van der Waals surface area contributed by atoms with E-state index in [9.17, 15) is 5.11 Å². The number of benzene rings is 1. The van der Waals surface area contributed by atoms with Crippen molar-refractivity contribution in [2.75, 3.05) is 19.7 Å². The normalized spacial score (nSPS) is 17.6. The van der Waals surface area contributed by atoms with Crippen LogP contribution >= 0.6 is 0 Å². The van der Waals surface area contributed by atoms with Crippen LogP contribution in [0.3, 0.4) is 0 Å². The van der Waals surface area contributed by atoms with Gasteiger partial charge in [-0.05, 0) is 42.9 Å². The second-order valence-electron chi connectivity index (χ2n) is 5.94. The van der Waals surface area contributed by atoms with Crippen LogP contribution in [0.4, 0.5) is 0 Å². The van der Waals surface area contributed by atoms with Crippen LogP contribution in [0.25, 0.3) is 0 Å². The zero-order valence-corrected chi connectivity index (χ0v) is 12.6. The van der Waals surface area contributed by atoms with Gasteiger partial charge in [0.05, 0.1) is 11.6 Å². The third-order valence-electron chi connectivity index (χ3n) is 4.45. The lowest BCUT2D eigenvalue weighted by Crippen LogP contribution is -2.42. The lowest BCUT2D eigenvalue weighted by atomic mass is 9.67. The quantitative estimate of drug-likeness (QED) is 0.771. The fourth-order valence-corrected chi connectivity index (χ4v) is 2.74. The first-order valence-electron chi connectivity index (χ1n) is 7.69. The van der Waals surface area contributed by atoms with Crippen molar-refractivity contribution in [2.24, 2.45) is 5.41 Å². The van der Waals surface area contributed by atoms with E-state index in [0.29, 0.717) is 23.3 Å². The molecule has 2 N–H and O–H groups in total. The standard InChI is InChI=1S/C17H24N2O2/c1-2-17(7-4-8-17)13-19-11-15(20)12-21-16-6-3-5-14(9-16)10-18/h3,5-6,9,15,19-20H,2,4,7-8,11-13H2,1H3. The van der Waals surface area contributed by atoms with Crippen molar-refractivity contribution in [3.8, 4) is 11.8 Å². The third-order valence-corrected chi connectivity index (χ3v) is 4.45. The monoisotopic (exact) mass is 288 g/mol. The maximum absolute atomic E-state index is 9.94. The van der Waals surface area contributed by atoms with Crippen molar-refractivity contribution in [3.05, 3.63) is 29.8 Å². The lowest BCUT2D eigenvalue weighted by molar-refractivity contribution is 0.0869. The second kappa shape index (κ2) is 7.44. The van der Waals surface area contributed by atoms with E-state index in [4.69, 9.17) is 10.00 Å². The van der Waals surface area contributed by atoms with Gasteiger partial charge in [0, 0.05) is 13.1 Å². The van der Waals surface area contributed by atoms with Gasteiger partial charge in [0.25, 0.3) is 0 Å². The number of nitriles is 1. The summed E-state index contributed by atoms with van der Waals surface area (Å²) in [5.41, 5.74) is 1.02. The number of aliphatic hydroxyl groups excluding tert-OH is 1. The van der Waals surface area contributed by atoms with Crippen molar-refractivity contribution >= 4 is 0 Å². The highest BCUT2D eigenvalue weighted by Gasteiger charge is 2.34. The summed E-state index contributed by atoms with van der Waals surface area (Å²) >= 11 is 0. The van der Waals surface area contributed by atoms with Crippen molar-refractivity contribution < 1.29 is 9.84 Å². The summed E-state index contributed by atoms with van der Waals surface area (Å²) in [6.07, 6.45) is 4.59. The molecule has 4 heteroatoms. The summed E-state index contributed by atoms with van der Waals surface area (Å²) in [5, 5.41) is 22.1. The molecule has 1 aliphatic carbocycles. The van der Waals surface area contributed by atoms with Crippen molar-refractivity contribution in [3.63, 3.8) is 0 Å². The molecular weight excluding hydrogens is 264 g/mol. The van der Waals surface area contributed by atoms with Crippen molar-refractivity contribution in [1.29, 1.82) is 5.26 Å². The van der Waals surface area contributed by atoms with Gasteiger partial charge in [-0.25, -0.2) is 0 Å². The Bertz CT molecular complexity index is 486. The Morgan fingerprint density at radius 1 is 1.48 bits per heavy atom. The van der Waals surface area contributed by atoms with Crippen LogP contribution < -0.4 is 10.1 Å². The summed E-state index contributed by atoms with van der Waals surface area (Å²) in [5.74, 6) is 0.622. The Labute approximate surface area is 126 Å². The van der Waals surface area contributed by atoms with Gasteiger partial charge >= 0.3 is 0 Å². The number of hydrogen-bond donors (Lipinski definition) is 2. The maximum atomic E-state index is 9.94. The first-order chi connectivity index (χ1) is 10.2. The van der Waals surface area contributed by atoms with Gasteiger partial charge in [-0.3, -0.25) is 0 Å². The van der Waals surface area contributed by atoms with Crippen molar-refractivity contribution in [2.45, 2.75) is 38.7 Å². The Morgan fingerprint density at radius 3 is 2.90 bits per heavy atom. The first kappa shape index (κ1) is 15.8. The molecule has 114 valence electrons. The lowest BCUT2D eigenvalue weighted by Gasteiger charge is -2.41. The van der Waals surface area contributed by atoms with Gasteiger partial charge in [0.1, 0.15) is 18.5 Å². The van der Waals surface area contributed by atoms with Crippen LogP contribution in [0.15, 0.2) is 24.3 Å². The molecule has 21 heavy (non-hydrogen) atoms. The minimum Gasteiger partial charge on any atom is -0.491 e. The van der Waals surface area contributed by atoms with Crippen LogP contribution in [0.1, 0.15) is 38.2 Å². The van der Waals surface area contributed by atoms with Crippen LogP contribution in [0.5, 0.6) is 5.75 Å². The Morgan fingerprint density at radius 2 is 2.29 bits per heavy atom. The highest BCUT2D eigenvalue weighted by Crippen LogP contribution is 2.42. The molecule has 0 spiro atoms. The fraction of sp³-hybridized carbons (Fsp3) is 0.588. The van der Waals surface area contributed by atoms with E-state index in [1.54, 1.807) is 24.3 Å². The summed E-state index contributed by atoms with van der Waals surface area (Å²) < 4.78 is 5.52. The maximum Gasteiger partial charge on any atom is 0.120 e. The summed E-state index contributed by atoms with van der Waals surface area (Å²) in [6, 6.07) is 9.05. The molecule has 4 nitrogen and oxygen atoms in total. The molecule has 0 heterocycles. The van der Waals surface area contributed by atoms with E-state index >= 15 is 0 Å². The van der Waals surface area contributed by atoms with Crippen molar-refractivity contribution in [1.82, 2.24) is 5.32 Å². The Balaban J connectivity index is 1.67. The number of nitrogens with zero attached hydrogens (tertiary/aromatic N) is 1. The summed E-state index contributed by atoms with van der Waals surface area (Å²) in [6.45, 7) is 3.99. The molecule has 1 unspecified atom stereocenters. The largest absolute Gasteiger partial charge is 0.491 e. The van der Waals surface area contributed by atoms with Gasteiger partial charge in [-0.15, -0.1) is 0 Å². The SMILES string of the molecule is CCC1(CNCC(O)COc2cccc(C#N)c2)CCC1. The Hall–Kier alpha value is -1.57. The molecule has 0 amide bonds. The van der Waals surface area contributed by atoms with E-state index < -0.39 is 6.10 Å². The third kappa shape index (κ3) is 4.45. The van der Waals surface area contributed by atoms with E-state index in [2.05, 4.69) is 18.3 Å². The van der Waals surface area contributed by atoms with E-state index in [1.807, 2.05) is 0 Å². The van der Waals surface area contributed by atoms with E-state index in [0.717, 1.165) is 6.54 Å². The molecule has 0 aromatic heterocycles. The summed E-state index contributed by atoms with van der Waals surface area (Å²) in [4.78, 5) is 0. The molecule has 1 saturated carbocycles. The number of nitrogens with one attached hydrogen (secondary N) is 1. The fourth-order valence-electron chi connectivity index (χ4n) is 2.74. The van der Waals surface area contributed by atoms with Crippen LogP contribution in [-0.4, -0.2) is 30.9 Å². The topological polar surface area (TPSA) is 65.3 Å². The molecule has 1 aromatic carbocycles. The minimum atomic E-state index is -0.537. The molecule has 0 saturated heterocycles. The molecule has 1 aromatic rings. The number of rotatable bonds is 8. The van der Waals surface area contributed by atoms with Crippen LogP contribution in [0, 0.1) is 16.7 Å². The predicted octanol–water partition coefficient (Wildman–Crippen LogP) is 2.47. The van der Waals surface area contributed by atoms with Gasteiger partial charge in [0.15, 0.2) is 0 Å². The smallest absolute Gasteiger partial charge is 0.120 e. The second-order valence-corrected chi connectivity index (χ2v) is 5.94.